The summed E-state index contributed by atoms with van der Waals surface area (Å²) in [5.41, 5.74) is 3.57. The molecule has 0 unspecified atom stereocenters. The molecule has 0 spiro atoms. The Morgan fingerprint density at radius 3 is 2.71 bits per heavy atom. The van der Waals surface area contributed by atoms with Crippen LogP contribution in [0.2, 0.25) is 0 Å². The first-order chi connectivity index (χ1) is 11.5. The number of aryl methyl sites for hydroxylation is 1. The minimum Gasteiger partial charge on any atom is -0.347 e. The van der Waals surface area contributed by atoms with E-state index in [0.29, 0.717) is 25.2 Å². The van der Waals surface area contributed by atoms with E-state index in [2.05, 4.69) is 10.6 Å². The minimum atomic E-state index is -0.683. The van der Waals surface area contributed by atoms with Crippen molar-refractivity contribution in [1.82, 2.24) is 10.2 Å². The molecule has 2 aliphatic rings. The summed E-state index contributed by atoms with van der Waals surface area (Å²) in [6.07, 6.45) is 2.16. The normalized spacial score (nSPS) is 15.5. The lowest BCUT2D eigenvalue weighted by atomic mass is 9.99. The van der Waals surface area contributed by atoms with Gasteiger partial charge in [-0.2, -0.15) is 0 Å². The molecular weight excluding hydrogens is 308 g/mol. The van der Waals surface area contributed by atoms with Gasteiger partial charge in [0, 0.05) is 25.3 Å². The maximum absolute atomic E-state index is 12.0. The highest BCUT2D eigenvalue weighted by atomic mass is 16.2. The van der Waals surface area contributed by atoms with Gasteiger partial charge in [0.25, 0.3) is 0 Å². The predicted molar refractivity (Wildman–Crippen MR) is 91.0 cm³/mol. The molecule has 0 atom stereocenters. The Morgan fingerprint density at radius 2 is 1.96 bits per heavy atom. The Labute approximate surface area is 141 Å². The number of amides is 3. The van der Waals surface area contributed by atoms with Crippen LogP contribution in [0.4, 0.5) is 11.4 Å². The summed E-state index contributed by atoms with van der Waals surface area (Å²) in [7, 11) is 3.79. The largest absolute Gasteiger partial charge is 0.347 e. The van der Waals surface area contributed by atoms with E-state index in [-0.39, 0.29) is 5.91 Å². The van der Waals surface area contributed by atoms with Crippen molar-refractivity contribution in [2.75, 3.05) is 43.9 Å². The second kappa shape index (κ2) is 6.60. The SMILES string of the molecule is CN(C)CCNC(=O)C(=O)Nc1cc2c3c(c1)CC(=O)N3CCC2. The van der Waals surface area contributed by atoms with Crippen molar-refractivity contribution < 1.29 is 14.4 Å². The van der Waals surface area contributed by atoms with Crippen molar-refractivity contribution >= 4 is 29.1 Å². The first-order valence-corrected chi connectivity index (χ1v) is 8.16. The van der Waals surface area contributed by atoms with Crippen LogP contribution in [0.25, 0.3) is 0 Å². The summed E-state index contributed by atoms with van der Waals surface area (Å²) < 4.78 is 0. The fourth-order valence-corrected chi connectivity index (χ4v) is 3.21. The molecule has 2 aliphatic heterocycles. The highest BCUT2D eigenvalue weighted by Gasteiger charge is 2.32. The molecule has 3 rings (SSSR count). The maximum Gasteiger partial charge on any atom is 0.313 e. The van der Waals surface area contributed by atoms with Gasteiger partial charge in [0.15, 0.2) is 0 Å². The Bertz CT molecular complexity index is 699. The lowest BCUT2D eigenvalue weighted by Gasteiger charge is -2.26. The summed E-state index contributed by atoms with van der Waals surface area (Å²) in [6, 6.07) is 3.67. The van der Waals surface area contributed by atoms with E-state index in [0.717, 1.165) is 36.2 Å². The van der Waals surface area contributed by atoms with Gasteiger partial charge in [-0.05, 0) is 50.2 Å². The Morgan fingerprint density at radius 1 is 1.21 bits per heavy atom. The van der Waals surface area contributed by atoms with Crippen molar-refractivity contribution in [3.05, 3.63) is 23.3 Å². The summed E-state index contributed by atoms with van der Waals surface area (Å²) >= 11 is 0. The van der Waals surface area contributed by atoms with Crippen LogP contribution in [0.5, 0.6) is 0 Å². The maximum atomic E-state index is 12.0. The molecule has 24 heavy (non-hydrogen) atoms. The minimum absolute atomic E-state index is 0.107. The number of benzene rings is 1. The number of rotatable bonds is 4. The van der Waals surface area contributed by atoms with Crippen LogP contribution in [0.3, 0.4) is 0 Å². The van der Waals surface area contributed by atoms with E-state index in [4.69, 9.17) is 0 Å². The van der Waals surface area contributed by atoms with Crippen LogP contribution in [0.15, 0.2) is 12.1 Å². The van der Waals surface area contributed by atoms with E-state index in [9.17, 15) is 14.4 Å². The zero-order valence-corrected chi connectivity index (χ0v) is 14.0. The zero-order valence-electron chi connectivity index (χ0n) is 14.0. The van der Waals surface area contributed by atoms with Crippen molar-refractivity contribution in [2.24, 2.45) is 0 Å². The highest BCUT2D eigenvalue weighted by Crippen LogP contribution is 2.38. The molecule has 0 saturated heterocycles. The predicted octanol–water partition coefficient (Wildman–Crippen LogP) is 0.138. The van der Waals surface area contributed by atoms with Crippen LogP contribution in [-0.4, -0.2) is 56.4 Å². The molecule has 1 aromatic rings. The van der Waals surface area contributed by atoms with Crippen molar-refractivity contribution in [3.63, 3.8) is 0 Å². The first kappa shape index (κ1) is 16.4. The number of carbonyl (C=O) groups is 3. The molecule has 0 fully saturated rings. The van der Waals surface area contributed by atoms with Crippen molar-refractivity contribution in [2.45, 2.75) is 19.3 Å². The molecule has 2 N–H and O–H groups in total. The van der Waals surface area contributed by atoms with E-state index >= 15 is 0 Å². The number of nitrogens with zero attached hydrogens (tertiary/aromatic N) is 2. The highest BCUT2D eigenvalue weighted by molar-refractivity contribution is 6.39. The van der Waals surface area contributed by atoms with E-state index in [1.807, 2.05) is 30.0 Å². The summed E-state index contributed by atoms with van der Waals surface area (Å²) in [6.45, 7) is 1.84. The molecule has 0 radical (unpaired) electrons. The molecule has 0 saturated carbocycles. The summed E-state index contributed by atoms with van der Waals surface area (Å²) in [5, 5.41) is 5.23. The van der Waals surface area contributed by atoms with Gasteiger partial charge in [-0.25, -0.2) is 0 Å². The van der Waals surface area contributed by atoms with Gasteiger partial charge in [-0.3, -0.25) is 14.4 Å². The third-order valence-electron chi connectivity index (χ3n) is 4.32. The lowest BCUT2D eigenvalue weighted by molar-refractivity contribution is -0.136. The molecule has 1 aromatic carbocycles. The quantitative estimate of drug-likeness (QED) is 0.770. The monoisotopic (exact) mass is 330 g/mol. The lowest BCUT2D eigenvalue weighted by Crippen LogP contribution is -2.38. The van der Waals surface area contributed by atoms with Crippen molar-refractivity contribution in [3.8, 4) is 0 Å². The summed E-state index contributed by atoms with van der Waals surface area (Å²) in [5.74, 6) is -1.22. The smallest absolute Gasteiger partial charge is 0.313 e. The van der Waals surface area contributed by atoms with Crippen LogP contribution < -0.4 is 15.5 Å². The molecule has 0 aromatic heterocycles. The fourth-order valence-electron chi connectivity index (χ4n) is 3.21. The van der Waals surface area contributed by atoms with Gasteiger partial charge in [0.2, 0.25) is 5.91 Å². The van der Waals surface area contributed by atoms with E-state index < -0.39 is 11.8 Å². The van der Waals surface area contributed by atoms with E-state index in [1.165, 1.54) is 0 Å². The fraction of sp³-hybridized carbons (Fsp3) is 0.471. The number of hydrogen-bond donors (Lipinski definition) is 2. The Hall–Kier alpha value is -2.41. The van der Waals surface area contributed by atoms with E-state index in [1.54, 1.807) is 6.07 Å². The van der Waals surface area contributed by atoms with Gasteiger partial charge in [-0.1, -0.05) is 0 Å². The Kier molecular flexibility index (Phi) is 4.53. The van der Waals surface area contributed by atoms with Crippen LogP contribution >= 0.6 is 0 Å². The average Bonchev–Trinajstić information content (AvgIpc) is 2.84. The average molecular weight is 330 g/mol. The van der Waals surface area contributed by atoms with Crippen LogP contribution in [0.1, 0.15) is 17.5 Å². The molecule has 7 nitrogen and oxygen atoms in total. The second-order valence-corrected chi connectivity index (χ2v) is 6.48. The number of likely N-dealkylation sites (N-methyl/N-ethyl adjacent to an activating group) is 1. The van der Waals surface area contributed by atoms with Crippen LogP contribution in [0, 0.1) is 0 Å². The molecular formula is C17H22N4O3. The first-order valence-electron chi connectivity index (χ1n) is 8.16. The van der Waals surface area contributed by atoms with Gasteiger partial charge in [-0.15, -0.1) is 0 Å². The van der Waals surface area contributed by atoms with Crippen LogP contribution in [-0.2, 0) is 27.2 Å². The van der Waals surface area contributed by atoms with Crippen molar-refractivity contribution in [1.29, 1.82) is 0 Å². The Balaban J connectivity index is 1.68. The van der Waals surface area contributed by atoms with Gasteiger partial charge in [0.1, 0.15) is 0 Å². The molecule has 0 bridgehead atoms. The standard InChI is InChI=1S/C17H22N4O3/c1-20(2)7-5-18-16(23)17(24)19-13-8-11-4-3-6-21-14(22)10-12(9-13)15(11)21/h8-9H,3-7,10H2,1-2H3,(H,18,23)(H,19,24). The van der Waals surface area contributed by atoms with Gasteiger partial charge in [0.05, 0.1) is 12.1 Å². The third-order valence-corrected chi connectivity index (χ3v) is 4.32. The third kappa shape index (κ3) is 3.26. The number of anilines is 2. The molecule has 2 heterocycles. The van der Waals surface area contributed by atoms with Gasteiger partial charge >= 0.3 is 11.8 Å². The number of carbonyl (C=O) groups excluding carboxylic acids is 3. The zero-order chi connectivity index (χ0) is 17.3. The van der Waals surface area contributed by atoms with Gasteiger partial charge < -0.3 is 20.4 Å². The molecule has 128 valence electrons. The molecule has 7 heteroatoms. The number of nitrogens with one attached hydrogen (secondary N) is 2. The molecule has 3 amide bonds. The number of hydrogen-bond acceptors (Lipinski definition) is 4. The summed E-state index contributed by atoms with van der Waals surface area (Å²) in [4.78, 5) is 39.6. The second-order valence-electron chi connectivity index (χ2n) is 6.48. The topological polar surface area (TPSA) is 81.8 Å². The molecule has 0 aliphatic carbocycles.